The predicted octanol–water partition coefficient (Wildman–Crippen LogP) is 2.03. The van der Waals surface area contributed by atoms with E-state index in [2.05, 4.69) is 10.3 Å². The first-order valence-corrected chi connectivity index (χ1v) is 9.77. The summed E-state index contributed by atoms with van der Waals surface area (Å²) in [5.41, 5.74) is 1.96. The highest BCUT2D eigenvalue weighted by atomic mass is 35.5. The number of sulfonamides is 1. The lowest BCUT2D eigenvalue weighted by Gasteiger charge is -2.35. The molecule has 1 aromatic heterocycles. The van der Waals surface area contributed by atoms with Crippen LogP contribution in [0.25, 0.3) is 0 Å². The summed E-state index contributed by atoms with van der Waals surface area (Å²) in [7, 11) is -1.91. The van der Waals surface area contributed by atoms with Crippen molar-refractivity contribution in [2.45, 2.75) is 17.4 Å². The second-order valence-corrected chi connectivity index (χ2v) is 7.90. The van der Waals surface area contributed by atoms with E-state index in [1.165, 1.54) is 0 Å². The SMILES string of the molecule is COCCc1ccc(S(=O)(=O)N2CCNCC2c2cccnc2)cc1.Cl. The molecule has 0 spiro atoms. The summed E-state index contributed by atoms with van der Waals surface area (Å²) in [6.07, 6.45) is 4.19. The van der Waals surface area contributed by atoms with Gasteiger partial charge in [0.15, 0.2) is 0 Å². The quantitative estimate of drug-likeness (QED) is 0.807. The summed E-state index contributed by atoms with van der Waals surface area (Å²) in [5, 5.41) is 3.27. The highest BCUT2D eigenvalue weighted by molar-refractivity contribution is 7.89. The van der Waals surface area contributed by atoms with Crippen molar-refractivity contribution in [3.8, 4) is 0 Å². The van der Waals surface area contributed by atoms with Gasteiger partial charge in [-0.3, -0.25) is 4.98 Å². The number of hydrogen-bond acceptors (Lipinski definition) is 5. The normalized spacial score (nSPS) is 18.3. The highest BCUT2D eigenvalue weighted by Gasteiger charge is 2.34. The van der Waals surface area contributed by atoms with E-state index < -0.39 is 10.0 Å². The Hall–Kier alpha value is -1.51. The molecule has 1 fully saturated rings. The van der Waals surface area contributed by atoms with Gasteiger partial charge in [-0.25, -0.2) is 8.42 Å². The van der Waals surface area contributed by atoms with Gasteiger partial charge < -0.3 is 10.1 Å². The van der Waals surface area contributed by atoms with Gasteiger partial charge >= 0.3 is 0 Å². The van der Waals surface area contributed by atoms with Crippen molar-refractivity contribution in [3.05, 3.63) is 59.9 Å². The smallest absolute Gasteiger partial charge is 0.243 e. The maximum atomic E-state index is 13.1. The summed E-state index contributed by atoms with van der Waals surface area (Å²) in [4.78, 5) is 4.45. The zero-order chi connectivity index (χ0) is 17.7. The summed E-state index contributed by atoms with van der Waals surface area (Å²) in [6.45, 7) is 2.28. The van der Waals surface area contributed by atoms with Crippen LogP contribution in [0.2, 0.25) is 0 Å². The Morgan fingerprint density at radius 2 is 2.04 bits per heavy atom. The van der Waals surface area contributed by atoms with Gasteiger partial charge in [-0.2, -0.15) is 4.31 Å². The van der Waals surface area contributed by atoms with E-state index >= 15 is 0 Å². The fraction of sp³-hybridized carbons (Fsp3) is 0.389. The monoisotopic (exact) mass is 397 g/mol. The lowest BCUT2D eigenvalue weighted by atomic mass is 10.1. The number of aromatic nitrogens is 1. The first-order chi connectivity index (χ1) is 12.1. The van der Waals surface area contributed by atoms with Gasteiger partial charge in [0.05, 0.1) is 17.5 Å². The van der Waals surface area contributed by atoms with Crippen LogP contribution in [0, 0.1) is 0 Å². The van der Waals surface area contributed by atoms with Gasteiger partial charge in [0.1, 0.15) is 0 Å². The molecule has 1 unspecified atom stereocenters. The van der Waals surface area contributed by atoms with Gasteiger partial charge in [-0.05, 0) is 35.7 Å². The number of benzene rings is 1. The molecule has 0 saturated carbocycles. The van der Waals surface area contributed by atoms with Gasteiger partial charge in [-0.1, -0.05) is 18.2 Å². The Morgan fingerprint density at radius 1 is 1.27 bits per heavy atom. The van der Waals surface area contributed by atoms with Crippen LogP contribution < -0.4 is 5.32 Å². The van der Waals surface area contributed by atoms with Crippen molar-refractivity contribution < 1.29 is 13.2 Å². The number of hydrogen-bond donors (Lipinski definition) is 1. The number of piperazine rings is 1. The van der Waals surface area contributed by atoms with E-state index in [0.717, 1.165) is 17.5 Å². The molecule has 0 amide bonds. The maximum absolute atomic E-state index is 13.1. The average Bonchev–Trinajstić information content (AvgIpc) is 2.67. The van der Waals surface area contributed by atoms with Crippen molar-refractivity contribution >= 4 is 22.4 Å². The minimum atomic E-state index is -3.56. The molecule has 3 rings (SSSR count). The molecule has 6 nitrogen and oxygen atoms in total. The van der Waals surface area contributed by atoms with Crippen LogP contribution in [0.15, 0.2) is 53.7 Å². The molecule has 0 radical (unpaired) electrons. The van der Waals surface area contributed by atoms with Crippen molar-refractivity contribution in [3.63, 3.8) is 0 Å². The molecule has 26 heavy (non-hydrogen) atoms. The number of ether oxygens (including phenoxy) is 1. The Bertz CT molecular complexity index is 785. The summed E-state index contributed by atoms with van der Waals surface area (Å²) < 4.78 is 32.9. The third-order valence-corrected chi connectivity index (χ3v) is 6.31. The lowest BCUT2D eigenvalue weighted by Crippen LogP contribution is -2.48. The van der Waals surface area contributed by atoms with E-state index in [1.807, 2.05) is 24.3 Å². The Labute approximate surface area is 161 Å². The molecule has 1 aliphatic rings. The first kappa shape index (κ1) is 20.8. The molecule has 1 saturated heterocycles. The Balaban J connectivity index is 0.00000243. The molecule has 0 aliphatic carbocycles. The van der Waals surface area contributed by atoms with Crippen LogP contribution in [-0.4, -0.2) is 51.1 Å². The van der Waals surface area contributed by atoms with E-state index in [0.29, 0.717) is 31.1 Å². The van der Waals surface area contributed by atoms with Gasteiger partial charge in [0.25, 0.3) is 0 Å². The van der Waals surface area contributed by atoms with E-state index in [-0.39, 0.29) is 18.4 Å². The van der Waals surface area contributed by atoms with Crippen LogP contribution in [0.4, 0.5) is 0 Å². The van der Waals surface area contributed by atoms with Crippen molar-refractivity contribution in [1.29, 1.82) is 0 Å². The summed E-state index contributed by atoms with van der Waals surface area (Å²) >= 11 is 0. The molecular weight excluding hydrogens is 374 g/mol. The molecule has 1 atom stereocenters. The van der Waals surface area contributed by atoms with E-state index in [4.69, 9.17) is 4.74 Å². The lowest BCUT2D eigenvalue weighted by molar-refractivity contribution is 0.202. The summed E-state index contributed by atoms with van der Waals surface area (Å²) in [5.74, 6) is 0. The van der Waals surface area contributed by atoms with Gasteiger partial charge in [0, 0.05) is 39.1 Å². The third kappa shape index (κ3) is 4.61. The van der Waals surface area contributed by atoms with Crippen molar-refractivity contribution in [2.24, 2.45) is 0 Å². The van der Waals surface area contributed by atoms with Crippen LogP contribution in [-0.2, 0) is 21.2 Å². The molecule has 142 valence electrons. The zero-order valence-corrected chi connectivity index (χ0v) is 16.3. The molecule has 2 heterocycles. The fourth-order valence-electron chi connectivity index (χ4n) is 3.01. The first-order valence-electron chi connectivity index (χ1n) is 8.33. The average molecular weight is 398 g/mol. The standard InChI is InChI=1S/C18H23N3O3S.ClH/c1-24-12-8-15-4-6-17(7-5-15)25(22,23)21-11-10-20-14-18(21)16-3-2-9-19-13-16;/h2-7,9,13,18,20H,8,10-12,14H2,1H3;1H. The number of methoxy groups -OCH3 is 1. The molecule has 8 heteroatoms. The van der Waals surface area contributed by atoms with Crippen molar-refractivity contribution in [2.75, 3.05) is 33.4 Å². The number of rotatable bonds is 6. The van der Waals surface area contributed by atoms with Crippen molar-refractivity contribution in [1.82, 2.24) is 14.6 Å². The number of nitrogens with one attached hydrogen (secondary N) is 1. The number of pyridine rings is 1. The molecule has 1 aliphatic heterocycles. The second kappa shape index (κ2) is 9.43. The number of halogens is 1. The third-order valence-electron chi connectivity index (χ3n) is 4.39. The minimum absolute atomic E-state index is 0. The molecule has 1 N–H and O–H groups in total. The topological polar surface area (TPSA) is 71.5 Å². The molecular formula is C18H24ClN3O3S. The second-order valence-electron chi connectivity index (χ2n) is 6.01. The van der Waals surface area contributed by atoms with Crippen LogP contribution >= 0.6 is 12.4 Å². The van der Waals surface area contributed by atoms with Crippen LogP contribution in [0.1, 0.15) is 17.2 Å². The Kier molecular flexibility index (Phi) is 7.55. The van der Waals surface area contributed by atoms with Crippen LogP contribution in [0.3, 0.4) is 0 Å². The molecule has 2 aromatic rings. The highest BCUT2D eigenvalue weighted by Crippen LogP contribution is 2.28. The zero-order valence-electron chi connectivity index (χ0n) is 14.7. The minimum Gasteiger partial charge on any atom is -0.384 e. The van der Waals surface area contributed by atoms with E-state index in [9.17, 15) is 8.42 Å². The maximum Gasteiger partial charge on any atom is 0.243 e. The number of nitrogens with zero attached hydrogens (tertiary/aromatic N) is 2. The largest absolute Gasteiger partial charge is 0.384 e. The molecule has 0 bridgehead atoms. The van der Waals surface area contributed by atoms with Crippen LogP contribution in [0.5, 0.6) is 0 Å². The Morgan fingerprint density at radius 3 is 2.69 bits per heavy atom. The van der Waals surface area contributed by atoms with Gasteiger partial charge in [-0.15, -0.1) is 12.4 Å². The fourth-order valence-corrected chi connectivity index (χ4v) is 4.63. The van der Waals surface area contributed by atoms with Gasteiger partial charge in [0.2, 0.25) is 10.0 Å². The molecule has 1 aromatic carbocycles. The summed E-state index contributed by atoms with van der Waals surface area (Å²) in [6, 6.07) is 10.6. The predicted molar refractivity (Wildman–Crippen MR) is 103 cm³/mol. The van der Waals surface area contributed by atoms with E-state index in [1.54, 1.807) is 35.9 Å².